The van der Waals surface area contributed by atoms with Crippen LogP contribution in [0, 0.1) is 5.92 Å². The van der Waals surface area contributed by atoms with E-state index in [2.05, 4.69) is 89.2 Å². The highest BCUT2D eigenvalue weighted by molar-refractivity contribution is 5.56. The molecule has 1 N–H and O–H groups in total. The van der Waals surface area contributed by atoms with Crippen molar-refractivity contribution >= 4 is 6.08 Å². The number of nitrogens with zero attached hydrogens (tertiary/aromatic N) is 1. The molecule has 2 atom stereocenters. The van der Waals surface area contributed by atoms with E-state index in [1.54, 1.807) is 0 Å². The zero-order chi connectivity index (χ0) is 20.2. The SMILES string of the molecule is C/C(=C/c1ccccc1)C(O)(c1ccc(C(C)(C)C)cc1)C(C)CN(C)C. The van der Waals surface area contributed by atoms with E-state index in [4.69, 9.17) is 0 Å². The number of benzene rings is 2. The molecule has 146 valence electrons. The fourth-order valence-electron chi connectivity index (χ4n) is 3.71. The standard InChI is InChI=1S/C25H35NO/c1-19(17-21-11-9-8-10-12-21)25(27,20(2)18-26(6)7)23-15-13-22(14-16-23)24(3,4)5/h8-17,20,27H,18H2,1-7H3/b19-17-. The van der Waals surface area contributed by atoms with Gasteiger partial charge in [-0.05, 0) is 48.7 Å². The Labute approximate surface area is 165 Å². The summed E-state index contributed by atoms with van der Waals surface area (Å²) in [5, 5.41) is 11.9. The second-order valence-corrected chi connectivity index (χ2v) is 9.00. The summed E-state index contributed by atoms with van der Waals surface area (Å²) < 4.78 is 0. The molecule has 0 aliphatic rings. The van der Waals surface area contributed by atoms with Gasteiger partial charge < -0.3 is 10.0 Å². The summed E-state index contributed by atoms with van der Waals surface area (Å²) >= 11 is 0. The molecule has 2 rings (SSSR count). The maximum atomic E-state index is 11.9. The van der Waals surface area contributed by atoms with Gasteiger partial charge in [0.15, 0.2) is 0 Å². The van der Waals surface area contributed by atoms with Gasteiger partial charge in [0.05, 0.1) is 0 Å². The smallest absolute Gasteiger partial charge is 0.114 e. The molecule has 0 aliphatic carbocycles. The molecule has 0 saturated heterocycles. The number of hydrogen-bond acceptors (Lipinski definition) is 2. The van der Waals surface area contributed by atoms with Crippen molar-refractivity contribution in [3.63, 3.8) is 0 Å². The average molecular weight is 366 g/mol. The lowest BCUT2D eigenvalue weighted by Crippen LogP contribution is -2.40. The van der Waals surface area contributed by atoms with Crippen LogP contribution in [0.3, 0.4) is 0 Å². The number of aliphatic hydroxyl groups is 1. The van der Waals surface area contributed by atoms with Crippen molar-refractivity contribution in [1.82, 2.24) is 4.90 Å². The van der Waals surface area contributed by atoms with Crippen molar-refractivity contribution in [2.75, 3.05) is 20.6 Å². The zero-order valence-corrected chi connectivity index (χ0v) is 18.0. The molecule has 2 aromatic carbocycles. The first-order valence-corrected chi connectivity index (χ1v) is 9.77. The van der Waals surface area contributed by atoms with Crippen LogP contribution in [-0.4, -0.2) is 30.6 Å². The zero-order valence-electron chi connectivity index (χ0n) is 18.0. The summed E-state index contributed by atoms with van der Waals surface area (Å²) in [5.41, 5.74) is 3.38. The van der Waals surface area contributed by atoms with E-state index in [1.807, 2.05) is 25.1 Å². The van der Waals surface area contributed by atoms with Crippen molar-refractivity contribution in [3.05, 3.63) is 76.9 Å². The van der Waals surface area contributed by atoms with Gasteiger partial charge in [-0.3, -0.25) is 0 Å². The van der Waals surface area contributed by atoms with Crippen LogP contribution in [-0.2, 0) is 11.0 Å². The molecule has 27 heavy (non-hydrogen) atoms. The molecule has 0 saturated carbocycles. The third kappa shape index (κ3) is 5.09. The molecule has 0 spiro atoms. The van der Waals surface area contributed by atoms with E-state index in [-0.39, 0.29) is 11.3 Å². The average Bonchev–Trinajstić information content (AvgIpc) is 2.60. The summed E-state index contributed by atoms with van der Waals surface area (Å²) in [4.78, 5) is 2.13. The molecule has 0 aliphatic heterocycles. The van der Waals surface area contributed by atoms with Gasteiger partial charge in [0.1, 0.15) is 5.60 Å². The van der Waals surface area contributed by atoms with Crippen molar-refractivity contribution in [2.24, 2.45) is 5.92 Å². The van der Waals surface area contributed by atoms with Crippen molar-refractivity contribution < 1.29 is 5.11 Å². The Morgan fingerprint density at radius 1 is 0.963 bits per heavy atom. The van der Waals surface area contributed by atoms with Gasteiger partial charge in [0.25, 0.3) is 0 Å². The summed E-state index contributed by atoms with van der Waals surface area (Å²) in [7, 11) is 4.10. The molecule has 2 heteroatoms. The maximum absolute atomic E-state index is 11.9. The summed E-state index contributed by atoms with van der Waals surface area (Å²) in [6.07, 6.45) is 2.10. The molecule has 2 aromatic rings. The van der Waals surface area contributed by atoms with Crippen LogP contribution in [0.1, 0.15) is 51.3 Å². The number of hydrogen-bond donors (Lipinski definition) is 1. The quantitative estimate of drug-likeness (QED) is 0.733. The Hall–Kier alpha value is -1.90. The lowest BCUT2D eigenvalue weighted by Gasteiger charge is -2.38. The first kappa shape index (κ1) is 21.4. The van der Waals surface area contributed by atoms with Crippen LogP contribution in [0.25, 0.3) is 6.08 Å². The summed E-state index contributed by atoms with van der Waals surface area (Å²) in [5.74, 6) is 0.0490. The lowest BCUT2D eigenvalue weighted by molar-refractivity contribution is 0.0105. The van der Waals surface area contributed by atoms with E-state index in [0.717, 1.165) is 23.2 Å². The molecule has 0 amide bonds. The Bertz CT molecular complexity index is 753. The van der Waals surface area contributed by atoms with E-state index in [1.165, 1.54) is 5.56 Å². The van der Waals surface area contributed by atoms with Crippen molar-refractivity contribution in [3.8, 4) is 0 Å². The minimum Gasteiger partial charge on any atom is -0.380 e. The highest BCUT2D eigenvalue weighted by Crippen LogP contribution is 2.39. The van der Waals surface area contributed by atoms with Gasteiger partial charge in [0, 0.05) is 12.5 Å². The predicted octanol–water partition coefficient (Wildman–Crippen LogP) is 5.47. The largest absolute Gasteiger partial charge is 0.380 e. The Kier molecular flexibility index (Phi) is 6.67. The topological polar surface area (TPSA) is 23.5 Å². The highest BCUT2D eigenvalue weighted by atomic mass is 16.3. The van der Waals surface area contributed by atoms with Crippen LogP contribution in [0.2, 0.25) is 0 Å². The Morgan fingerprint density at radius 2 is 1.48 bits per heavy atom. The molecule has 0 fully saturated rings. The van der Waals surface area contributed by atoms with Crippen LogP contribution in [0.15, 0.2) is 60.2 Å². The molecule has 2 unspecified atom stereocenters. The van der Waals surface area contributed by atoms with E-state index in [9.17, 15) is 5.11 Å². The predicted molar refractivity (Wildman–Crippen MR) is 117 cm³/mol. The minimum absolute atomic E-state index is 0.0490. The van der Waals surface area contributed by atoms with Gasteiger partial charge in [-0.2, -0.15) is 0 Å². The fourth-order valence-corrected chi connectivity index (χ4v) is 3.71. The van der Waals surface area contributed by atoms with E-state index in [0.29, 0.717) is 0 Å². The first-order chi connectivity index (χ1) is 12.5. The molecule has 0 bridgehead atoms. The third-order valence-electron chi connectivity index (χ3n) is 5.33. The summed E-state index contributed by atoms with van der Waals surface area (Å²) in [6.45, 7) is 11.6. The molecule has 2 nitrogen and oxygen atoms in total. The molecule has 0 radical (unpaired) electrons. The van der Waals surface area contributed by atoms with E-state index < -0.39 is 5.60 Å². The maximum Gasteiger partial charge on any atom is 0.114 e. The summed E-state index contributed by atoms with van der Waals surface area (Å²) in [6, 6.07) is 18.7. The van der Waals surface area contributed by atoms with Gasteiger partial charge in [-0.1, -0.05) is 88.4 Å². The monoisotopic (exact) mass is 365 g/mol. The van der Waals surface area contributed by atoms with Gasteiger partial charge in [0.2, 0.25) is 0 Å². The van der Waals surface area contributed by atoms with Gasteiger partial charge in [-0.15, -0.1) is 0 Å². The Balaban J connectivity index is 2.51. The second kappa shape index (κ2) is 8.41. The molecule has 0 aromatic heterocycles. The van der Waals surface area contributed by atoms with Crippen LogP contribution >= 0.6 is 0 Å². The second-order valence-electron chi connectivity index (χ2n) is 9.00. The van der Waals surface area contributed by atoms with Crippen LogP contribution in [0.5, 0.6) is 0 Å². The highest BCUT2D eigenvalue weighted by Gasteiger charge is 2.37. The van der Waals surface area contributed by atoms with Crippen molar-refractivity contribution in [1.29, 1.82) is 0 Å². The Morgan fingerprint density at radius 3 is 1.96 bits per heavy atom. The van der Waals surface area contributed by atoms with Crippen molar-refractivity contribution in [2.45, 2.75) is 45.6 Å². The first-order valence-electron chi connectivity index (χ1n) is 9.77. The minimum atomic E-state index is -1.02. The van der Waals surface area contributed by atoms with E-state index >= 15 is 0 Å². The third-order valence-corrected chi connectivity index (χ3v) is 5.33. The normalized spacial score (nSPS) is 16.3. The fraction of sp³-hybridized carbons (Fsp3) is 0.440. The van der Waals surface area contributed by atoms with Gasteiger partial charge >= 0.3 is 0 Å². The molecule has 0 heterocycles. The van der Waals surface area contributed by atoms with Gasteiger partial charge in [-0.25, -0.2) is 0 Å². The lowest BCUT2D eigenvalue weighted by atomic mass is 9.75. The number of rotatable bonds is 6. The van der Waals surface area contributed by atoms with Crippen LogP contribution in [0.4, 0.5) is 0 Å². The van der Waals surface area contributed by atoms with Crippen LogP contribution < -0.4 is 0 Å². The molecular weight excluding hydrogens is 330 g/mol. The molecular formula is C25H35NO.